The van der Waals surface area contributed by atoms with Crippen LogP contribution in [0.5, 0.6) is 0 Å². The van der Waals surface area contributed by atoms with Crippen LogP contribution in [0.2, 0.25) is 0 Å². The third-order valence-corrected chi connectivity index (χ3v) is 3.76. The summed E-state index contributed by atoms with van der Waals surface area (Å²) in [5.41, 5.74) is 2.05. The fraction of sp³-hybridized carbons (Fsp3) is 0.667. The number of aromatic nitrogens is 1. The number of rotatable bonds is 3. The largest absolute Gasteiger partial charge is 0.392 e. The van der Waals surface area contributed by atoms with Crippen LogP contribution in [0.15, 0.2) is 12.1 Å². The highest BCUT2D eigenvalue weighted by atomic mass is 16.3. The normalized spacial score (nSPS) is 20.5. The highest BCUT2D eigenvalue weighted by molar-refractivity contribution is 5.44. The number of nitrogens with zero attached hydrogens (tertiary/aromatic N) is 2. The van der Waals surface area contributed by atoms with E-state index in [1.807, 2.05) is 12.1 Å². The van der Waals surface area contributed by atoms with Crippen LogP contribution in [0.3, 0.4) is 0 Å². The van der Waals surface area contributed by atoms with Gasteiger partial charge in [0.25, 0.3) is 0 Å². The standard InChI is InChI=1S/C15H24N2O/c1-11(2)14-8-13(10-18)9-15(16-14)17-7-5-4-6-12(17)3/h8-9,11-12,18H,4-7,10H2,1-3H3. The zero-order valence-corrected chi connectivity index (χ0v) is 11.7. The van der Waals surface area contributed by atoms with E-state index in [9.17, 15) is 5.11 Å². The van der Waals surface area contributed by atoms with Gasteiger partial charge in [0.05, 0.1) is 6.61 Å². The van der Waals surface area contributed by atoms with E-state index in [1.54, 1.807) is 0 Å². The Morgan fingerprint density at radius 1 is 1.39 bits per heavy atom. The van der Waals surface area contributed by atoms with Crippen LogP contribution in [0.1, 0.15) is 57.2 Å². The molecule has 2 rings (SSSR count). The van der Waals surface area contributed by atoms with Crippen LogP contribution < -0.4 is 4.90 Å². The van der Waals surface area contributed by atoms with Gasteiger partial charge in [-0.3, -0.25) is 0 Å². The zero-order chi connectivity index (χ0) is 13.1. The molecule has 1 atom stereocenters. The summed E-state index contributed by atoms with van der Waals surface area (Å²) in [6, 6.07) is 4.61. The summed E-state index contributed by atoms with van der Waals surface area (Å²) in [6.07, 6.45) is 3.79. The highest BCUT2D eigenvalue weighted by Crippen LogP contribution is 2.26. The third-order valence-electron chi connectivity index (χ3n) is 3.76. The molecule has 1 N–H and O–H groups in total. The van der Waals surface area contributed by atoms with Crippen molar-refractivity contribution in [2.24, 2.45) is 0 Å². The van der Waals surface area contributed by atoms with E-state index in [0.717, 1.165) is 23.6 Å². The molecule has 100 valence electrons. The lowest BCUT2D eigenvalue weighted by molar-refractivity contribution is 0.281. The van der Waals surface area contributed by atoms with Crippen LogP contribution in [-0.2, 0) is 6.61 Å². The number of aliphatic hydroxyl groups is 1. The molecule has 1 unspecified atom stereocenters. The molecule has 1 aliphatic heterocycles. The fourth-order valence-electron chi connectivity index (χ4n) is 2.57. The van der Waals surface area contributed by atoms with Crippen molar-refractivity contribution in [2.45, 2.75) is 58.6 Å². The minimum atomic E-state index is 0.0947. The van der Waals surface area contributed by atoms with Crippen molar-refractivity contribution in [3.8, 4) is 0 Å². The van der Waals surface area contributed by atoms with Gasteiger partial charge in [-0.05, 0) is 49.8 Å². The Morgan fingerprint density at radius 2 is 2.17 bits per heavy atom. The second-order valence-corrected chi connectivity index (χ2v) is 5.61. The molecule has 1 aromatic rings. The number of aliphatic hydroxyl groups excluding tert-OH is 1. The Morgan fingerprint density at radius 3 is 2.78 bits per heavy atom. The molecule has 3 heteroatoms. The molecule has 1 aromatic heterocycles. The summed E-state index contributed by atoms with van der Waals surface area (Å²) in [5, 5.41) is 9.39. The van der Waals surface area contributed by atoms with E-state index in [0.29, 0.717) is 12.0 Å². The first-order chi connectivity index (χ1) is 8.61. The molecule has 0 bridgehead atoms. The smallest absolute Gasteiger partial charge is 0.129 e. The molecule has 0 spiro atoms. The first-order valence-electron chi connectivity index (χ1n) is 7.00. The molecule has 0 saturated carbocycles. The zero-order valence-electron chi connectivity index (χ0n) is 11.7. The Balaban J connectivity index is 2.33. The first kappa shape index (κ1) is 13.3. The maximum absolute atomic E-state index is 9.39. The molecule has 1 fully saturated rings. The van der Waals surface area contributed by atoms with Crippen molar-refractivity contribution in [3.05, 3.63) is 23.4 Å². The van der Waals surface area contributed by atoms with E-state index < -0.39 is 0 Å². The highest BCUT2D eigenvalue weighted by Gasteiger charge is 2.20. The van der Waals surface area contributed by atoms with Crippen molar-refractivity contribution >= 4 is 5.82 Å². The van der Waals surface area contributed by atoms with E-state index in [-0.39, 0.29) is 6.61 Å². The molecule has 3 nitrogen and oxygen atoms in total. The Bertz CT molecular complexity index is 403. The quantitative estimate of drug-likeness (QED) is 0.893. The van der Waals surface area contributed by atoms with Gasteiger partial charge in [-0.2, -0.15) is 0 Å². The average molecular weight is 248 g/mol. The van der Waals surface area contributed by atoms with Gasteiger partial charge in [0, 0.05) is 18.3 Å². The number of pyridine rings is 1. The van der Waals surface area contributed by atoms with Gasteiger partial charge < -0.3 is 10.0 Å². The van der Waals surface area contributed by atoms with Gasteiger partial charge >= 0.3 is 0 Å². The molecule has 2 heterocycles. The third kappa shape index (κ3) is 2.83. The Hall–Kier alpha value is -1.09. The van der Waals surface area contributed by atoms with Crippen molar-refractivity contribution in [2.75, 3.05) is 11.4 Å². The van der Waals surface area contributed by atoms with Gasteiger partial charge in [0.15, 0.2) is 0 Å². The van der Waals surface area contributed by atoms with Gasteiger partial charge in [-0.15, -0.1) is 0 Å². The van der Waals surface area contributed by atoms with Gasteiger partial charge in [0.2, 0.25) is 0 Å². The average Bonchev–Trinajstić information content (AvgIpc) is 2.38. The van der Waals surface area contributed by atoms with E-state index in [2.05, 4.69) is 25.7 Å². The number of hydrogen-bond donors (Lipinski definition) is 1. The lowest BCUT2D eigenvalue weighted by Crippen LogP contribution is -2.38. The number of piperidine rings is 1. The molecular weight excluding hydrogens is 224 g/mol. The van der Waals surface area contributed by atoms with E-state index >= 15 is 0 Å². The van der Waals surface area contributed by atoms with Crippen LogP contribution >= 0.6 is 0 Å². The summed E-state index contributed by atoms with van der Waals surface area (Å²) < 4.78 is 0. The Kier molecular flexibility index (Phi) is 4.23. The summed E-state index contributed by atoms with van der Waals surface area (Å²) in [7, 11) is 0. The van der Waals surface area contributed by atoms with Crippen molar-refractivity contribution in [3.63, 3.8) is 0 Å². The minimum absolute atomic E-state index is 0.0947. The molecule has 0 amide bonds. The first-order valence-corrected chi connectivity index (χ1v) is 7.00. The van der Waals surface area contributed by atoms with Crippen LogP contribution in [-0.4, -0.2) is 22.7 Å². The summed E-state index contributed by atoms with van der Waals surface area (Å²) in [6.45, 7) is 7.74. The summed E-state index contributed by atoms with van der Waals surface area (Å²) >= 11 is 0. The van der Waals surface area contributed by atoms with E-state index in [4.69, 9.17) is 4.98 Å². The Labute approximate surface area is 110 Å². The molecule has 1 aliphatic rings. The molecule has 1 saturated heterocycles. The van der Waals surface area contributed by atoms with E-state index in [1.165, 1.54) is 19.3 Å². The summed E-state index contributed by atoms with van der Waals surface area (Å²) in [4.78, 5) is 7.15. The molecule has 0 aromatic carbocycles. The van der Waals surface area contributed by atoms with Crippen molar-refractivity contribution < 1.29 is 5.11 Å². The van der Waals surface area contributed by atoms with Crippen LogP contribution in [0, 0.1) is 0 Å². The maximum Gasteiger partial charge on any atom is 0.129 e. The van der Waals surface area contributed by atoms with Gasteiger partial charge in [-0.25, -0.2) is 4.98 Å². The van der Waals surface area contributed by atoms with Crippen LogP contribution in [0.25, 0.3) is 0 Å². The van der Waals surface area contributed by atoms with Crippen molar-refractivity contribution in [1.29, 1.82) is 0 Å². The lowest BCUT2D eigenvalue weighted by Gasteiger charge is -2.35. The second kappa shape index (κ2) is 5.70. The monoisotopic (exact) mass is 248 g/mol. The second-order valence-electron chi connectivity index (χ2n) is 5.61. The topological polar surface area (TPSA) is 36.4 Å². The number of hydrogen-bond acceptors (Lipinski definition) is 3. The summed E-state index contributed by atoms with van der Waals surface area (Å²) in [5.74, 6) is 1.44. The molecule has 18 heavy (non-hydrogen) atoms. The van der Waals surface area contributed by atoms with Gasteiger partial charge in [-0.1, -0.05) is 13.8 Å². The SMILES string of the molecule is CC(C)c1cc(CO)cc(N2CCCCC2C)n1. The van der Waals surface area contributed by atoms with Crippen LogP contribution in [0.4, 0.5) is 5.82 Å². The predicted molar refractivity (Wildman–Crippen MR) is 74.9 cm³/mol. The fourth-order valence-corrected chi connectivity index (χ4v) is 2.57. The van der Waals surface area contributed by atoms with Gasteiger partial charge in [0.1, 0.15) is 5.82 Å². The lowest BCUT2D eigenvalue weighted by atomic mass is 10.0. The predicted octanol–water partition coefficient (Wildman–Crippen LogP) is 3.08. The molecular formula is C15H24N2O. The maximum atomic E-state index is 9.39. The minimum Gasteiger partial charge on any atom is -0.392 e. The van der Waals surface area contributed by atoms with Crippen molar-refractivity contribution in [1.82, 2.24) is 4.98 Å². The number of anilines is 1. The molecule has 0 radical (unpaired) electrons. The molecule has 0 aliphatic carbocycles.